The predicted molar refractivity (Wildman–Crippen MR) is 156 cm³/mol. The molecule has 202 valence electrons. The van der Waals surface area contributed by atoms with Crippen LogP contribution in [-0.4, -0.2) is 27.4 Å². The number of aromatic nitrogens is 2. The molecular weight excluding hydrogens is 488 g/mol. The molecular formula is C32H36N4O3. The fraction of sp³-hybridized carbons (Fsp3) is 0.344. The highest BCUT2D eigenvalue weighted by Gasteiger charge is 2.29. The number of hydrogen-bond acceptors (Lipinski definition) is 4. The molecule has 0 aliphatic heterocycles. The van der Waals surface area contributed by atoms with Crippen molar-refractivity contribution in [1.29, 1.82) is 0 Å². The first-order valence-electron chi connectivity index (χ1n) is 13.6. The van der Waals surface area contributed by atoms with E-state index in [0.29, 0.717) is 23.8 Å². The Kier molecular flexibility index (Phi) is 7.17. The summed E-state index contributed by atoms with van der Waals surface area (Å²) < 4.78 is 7.41. The second kappa shape index (κ2) is 10.6. The number of anilines is 2. The van der Waals surface area contributed by atoms with Gasteiger partial charge in [-0.2, -0.15) is 5.10 Å². The second-order valence-electron chi connectivity index (χ2n) is 11.5. The minimum absolute atomic E-state index is 0.166. The largest absolute Gasteiger partial charge is 0.444 e. The number of carbonyl (C=O) groups is 2. The van der Waals surface area contributed by atoms with E-state index >= 15 is 0 Å². The third kappa shape index (κ3) is 5.98. The highest BCUT2D eigenvalue weighted by Crippen LogP contribution is 2.35. The molecule has 2 amide bonds. The Balaban J connectivity index is 1.44. The van der Waals surface area contributed by atoms with Crippen LogP contribution in [-0.2, 0) is 17.7 Å². The number of hydrogen-bond donors (Lipinski definition) is 2. The molecule has 0 spiro atoms. The molecule has 1 aliphatic rings. The maximum absolute atomic E-state index is 13.4. The molecule has 0 fully saturated rings. The molecule has 7 nitrogen and oxygen atoms in total. The zero-order valence-electron chi connectivity index (χ0n) is 23.3. The summed E-state index contributed by atoms with van der Waals surface area (Å²) in [6, 6.07) is 19.8. The molecule has 7 heteroatoms. The SMILES string of the molecule is Cc1cccc(NC(=O)c2nn(Cc3cccc4cc(NC(=O)OC(C)(C)C)ccc34)c3c2CCCC3C)c1. The fourth-order valence-electron chi connectivity index (χ4n) is 5.40. The maximum Gasteiger partial charge on any atom is 0.412 e. The second-order valence-corrected chi connectivity index (χ2v) is 11.5. The standard InChI is InChI=1S/C32H36N4O3/c1-20-9-6-13-24(17-20)33-30(37)28-27-14-7-10-21(2)29(27)36(35-28)19-23-12-8-11-22-18-25(15-16-26(22)23)34-31(38)39-32(3,4)5/h6,8-9,11-13,15-18,21H,7,10,14,19H2,1-5H3,(H,33,37)(H,34,38). The zero-order chi connectivity index (χ0) is 27.7. The lowest BCUT2D eigenvalue weighted by atomic mass is 9.87. The minimum Gasteiger partial charge on any atom is -0.444 e. The highest BCUT2D eigenvalue weighted by atomic mass is 16.6. The van der Waals surface area contributed by atoms with Gasteiger partial charge in [0.2, 0.25) is 0 Å². The topological polar surface area (TPSA) is 85.3 Å². The van der Waals surface area contributed by atoms with Crippen LogP contribution in [0.5, 0.6) is 0 Å². The number of fused-ring (bicyclic) bond motifs is 2. The lowest BCUT2D eigenvalue weighted by molar-refractivity contribution is 0.0635. The normalized spacial score (nSPS) is 15.1. The lowest BCUT2D eigenvalue weighted by Gasteiger charge is -2.21. The van der Waals surface area contributed by atoms with Crippen molar-refractivity contribution in [3.63, 3.8) is 0 Å². The summed E-state index contributed by atoms with van der Waals surface area (Å²) in [6.07, 6.45) is 2.50. The number of nitrogens with zero attached hydrogens (tertiary/aromatic N) is 2. The molecule has 1 aromatic heterocycles. The van der Waals surface area contributed by atoms with Crippen LogP contribution in [0, 0.1) is 6.92 Å². The average molecular weight is 525 g/mol. The summed E-state index contributed by atoms with van der Waals surface area (Å²) >= 11 is 0. The Morgan fingerprint density at radius 2 is 1.79 bits per heavy atom. The Morgan fingerprint density at radius 3 is 2.56 bits per heavy atom. The summed E-state index contributed by atoms with van der Waals surface area (Å²) in [5.41, 5.74) is 5.80. The van der Waals surface area contributed by atoms with Gasteiger partial charge in [0.15, 0.2) is 5.69 Å². The highest BCUT2D eigenvalue weighted by molar-refractivity contribution is 6.04. The van der Waals surface area contributed by atoms with Gasteiger partial charge in [0.05, 0.1) is 6.54 Å². The molecule has 2 N–H and O–H groups in total. The van der Waals surface area contributed by atoms with Crippen LogP contribution in [0.2, 0.25) is 0 Å². The Bertz CT molecular complexity index is 1550. The van der Waals surface area contributed by atoms with Gasteiger partial charge < -0.3 is 10.1 Å². The van der Waals surface area contributed by atoms with E-state index in [1.165, 1.54) is 0 Å². The molecule has 4 aromatic rings. The van der Waals surface area contributed by atoms with Crippen LogP contribution < -0.4 is 10.6 Å². The number of benzene rings is 3. The summed E-state index contributed by atoms with van der Waals surface area (Å²) in [5.74, 6) is 0.154. The molecule has 1 aliphatic carbocycles. The number of nitrogens with one attached hydrogen (secondary N) is 2. The summed E-state index contributed by atoms with van der Waals surface area (Å²) in [7, 11) is 0. The molecule has 0 saturated carbocycles. The predicted octanol–water partition coefficient (Wildman–Crippen LogP) is 7.43. The van der Waals surface area contributed by atoms with Crippen molar-refractivity contribution in [3.8, 4) is 0 Å². The van der Waals surface area contributed by atoms with Gasteiger partial charge in [-0.05, 0) is 99.0 Å². The van der Waals surface area contributed by atoms with Gasteiger partial charge in [0.1, 0.15) is 5.60 Å². The fourth-order valence-corrected chi connectivity index (χ4v) is 5.40. The van der Waals surface area contributed by atoms with Crippen LogP contribution in [0.4, 0.5) is 16.2 Å². The first-order valence-corrected chi connectivity index (χ1v) is 13.6. The van der Waals surface area contributed by atoms with Crippen LogP contribution in [0.1, 0.15) is 79.3 Å². The van der Waals surface area contributed by atoms with E-state index in [1.54, 1.807) is 0 Å². The first-order chi connectivity index (χ1) is 18.6. The van der Waals surface area contributed by atoms with Crippen LogP contribution in [0.15, 0.2) is 60.7 Å². The average Bonchev–Trinajstić information content (AvgIpc) is 3.22. The molecule has 0 saturated heterocycles. The summed E-state index contributed by atoms with van der Waals surface area (Å²) in [5, 5.41) is 12.8. The van der Waals surface area contributed by atoms with Gasteiger partial charge in [0, 0.05) is 22.6 Å². The molecule has 0 bridgehead atoms. The van der Waals surface area contributed by atoms with Gasteiger partial charge >= 0.3 is 6.09 Å². The van der Waals surface area contributed by atoms with Crippen molar-refractivity contribution in [3.05, 3.63) is 88.7 Å². The summed E-state index contributed by atoms with van der Waals surface area (Å²) in [6.45, 7) is 10.3. The molecule has 0 radical (unpaired) electrons. The van der Waals surface area contributed by atoms with E-state index in [2.05, 4.69) is 23.6 Å². The molecule has 1 unspecified atom stereocenters. The van der Waals surface area contributed by atoms with E-state index in [4.69, 9.17) is 9.84 Å². The van der Waals surface area contributed by atoms with Gasteiger partial charge in [-0.25, -0.2) is 4.79 Å². The summed E-state index contributed by atoms with van der Waals surface area (Å²) in [4.78, 5) is 25.6. The number of carbonyl (C=O) groups excluding carboxylic acids is 2. The van der Waals surface area contributed by atoms with Crippen molar-refractivity contribution in [2.75, 3.05) is 10.6 Å². The van der Waals surface area contributed by atoms with Crippen molar-refractivity contribution in [2.24, 2.45) is 0 Å². The number of aryl methyl sites for hydroxylation is 1. The lowest BCUT2D eigenvalue weighted by Crippen LogP contribution is -2.27. The Morgan fingerprint density at radius 1 is 1.03 bits per heavy atom. The van der Waals surface area contributed by atoms with E-state index < -0.39 is 11.7 Å². The molecule has 3 aromatic carbocycles. The Labute approximate surface area is 229 Å². The van der Waals surface area contributed by atoms with Crippen molar-refractivity contribution >= 4 is 34.1 Å². The van der Waals surface area contributed by atoms with Gasteiger partial charge in [-0.1, -0.05) is 43.3 Å². The van der Waals surface area contributed by atoms with Crippen LogP contribution >= 0.6 is 0 Å². The molecule has 39 heavy (non-hydrogen) atoms. The Hall–Kier alpha value is -4.13. The number of amides is 2. The molecule has 1 heterocycles. The zero-order valence-corrected chi connectivity index (χ0v) is 23.3. The monoisotopic (exact) mass is 524 g/mol. The van der Waals surface area contributed by atoms with E-state index in [9.17, 15) is 9.59 Å². The molecule has 1 atom stereocenters. The smallest absolute Gasteiger partial charge is 0.412 e. The molecule has 5 rings (SSSR count). The van der Waals surface area contributed by atoms with Gasteiger partial charge in [-0.3, -0.25) is 14.8 Å². The number of rotatable bonds is 5. The van der Waals surface area contributed by atoms with Crippen molar-refractivity contribution in [1.82, 2.24) is 9.78 Å². The maximum atomic E-state index is 13.4. The third-order valence-corrected chi connectivity index (χ3v) is 7.05. The van der Waals surface area contributed by atoms with E-state index in [0.717, 1.165) is 58.1 Å². The van der Waals surface area contributed by atoms with Gasteiger partial charge in [0.25, 0.3) is 5.91 Å². The minimum atomic E-state index is -0.566. The van der Waals surface area contributed by atoms with Crippen LogP contribution in [0.3, 0.4) is 0 Å². The van der Waals surface area contributed by atoms with E-state index in [-0.39, 0.29) is 5.91 Å². The van der Waals surface area contributed by atoms with Crippen molar-refractivity contribution in [2.45, 2.75) is 71.9 Å². The number of ether oxygens (including phenoxy) is 1. The third-order valence-electron chi connectivity index (χ3n) is 7.05. The van der Waals surface area contributed by atoms with Gasteiger partial charge in [-0.15, -0.1) is 0 Å². The van der Waals surface area contributed by atoms with E-state index in [1.807, 2.05) is 87.0 Å². The quantitative estimate of drug-likeness (QED) is 0.284. The van der Waals surface area contributed by atoms with Crippen molar-refractivity contribution < 1.29 is 14.3 Å². The van der Waals surface area contributed by atoms with Crippen LogP contribution in [0.25, 0.3) is 10.8 Å². The first kappa shape index (κ1) is 26.5.